The minimum Gasteiger partial charge on any atom is -0.265 e. The number of pyridine rings is 2. The third kappa shape index (κ3) is 7.59. The van der Waals surface area contributed by atoms with Gasteiger partial charge in [-0.15, -0.1) is 0 Å². The Morgan fingerprint density at radius 1 is 0.950 bits per heavy atom. The number of benzene rings is 2. The first-order valence-electron chi connectivity index (χ1n) is 12.1. The van der Waals surface area contributed by atoms with Crippen LogP contribution in [0.3, 0.4) is 0 Å². The molecule has 0 fully saturated rings. The zero-order valence-corrected chi connectivity index (χ0v) is 27.5. The Kier molecular flexibility index (Phi) is 10.2. The molecule has 8 nitrogen and oxygen atoms in total. The fourth-order valence-electron chi connectivity index (χ4n) is 3.68. The Balaban J connectivity index is 0.000000546. The van der Waals surface area contributed by atoms with Crippen LogP contribution in [0.1, 0.15) is 13.3 Å². The van der Waals surface area contributed by atoms with Gasteiger partial charge in [-0.1, -0.05) is 6.07 Å². The number of nitrogens with zero attached hydrogens (tertiary/aromatic N) is 4. The van der Waals surface area contributed by atoms with Gasteiger partial charge in [0.1, 0.15) is 0 Å². The zero-order valence-electron chi connectivity index (χ0n) is 21.4. The Labute approximate surface area is 259 Å². The van der Waals surface area contributed by atoms with Crippen LogP contribution < -0.4 is 2.20 Å². The molecule has 0 spiro atoms. The molecule has 1 aliphatic rings. The summed E-state index contributed by atoms with van der Waals surface area (Å²) >= 11 is 0.423. The average molecular weight is 862 g/mol. The van der Waals surface area contributed by atoms with Gasteiger partial charge in [0.2, 0.25) is 0 Å². The number of sulfonamides is 1. The van der Waals surface area contributed by atoms with E-state index in [1.54, 1.807) is 36.8 Å². The van der Waals surface area contributed by atoms with Gasteiger partial charge in [-0.3, -0.25) is 4.98 Å². The minimum absolute atomic E-state index is 0.0199. The third-order valence-electron chi connectivity index (χ3n) is 5.65. The van der Waals surface area contributed by atoms with E-state index >= 15 is 0 Å². The summed E-state index contributed by atoms with van der Waals surface area (Å²) in [6, 6.07) is 23.8. The van der Waals surface area contributed by atoms with E-state index in [0.29, 0.717) is 16.9 Å². The molecule has 2 heterocycles. The molecular formula is C29H25IN4O4PoS. The number of hydrogen-bond acceptors (Lipinski definition) is 6. The van der Waals surface area contributed by atoms with Gasteiger partial charge in [0, 0.05) is 12.4 Å². The number of anilines is 1. The van der Waals surface area contributed by atoms with Crippen molar-refractivity contribution in [2.75, 3.05) is 2.20 Å². The molecule has 1 unspecified atom stereocenters. The molecule has 0 radical (unpaired) electrons. The number of rotatable bonds is 7. The molecule has 0 amide bonds. The Hall–Kier alpha value is -3.00. The van der Waals surface area contributed by atoms with Crippen LogP contribution in [0.2, 0.25) is 0 Å². The van der Waals surface area contributed by atoms with Crippen LogP contribution in [0.5, 0.6) is 0 Å². The van der Waals surface area contributed by atoms with Crippen LogP contribution in [0, 0.1) is 10.1 Å². The van der Waals surface area contributed by atoms with E-state index in [1.165, 1.54) is 26.5 Å². The molecule has 0 N–H and O–H groups in total. The summed E-state index contributed by atoms with van der Waals surface area (Å²) in [5.41, 5.74) is 1.33. The van der Waals surface area contributed by atoms with Crippen molar-refractivity contribution < 1.29 is 13.3 Å². The van der Waals surface area contributed by atoms with Gasteiger partial charge < -0.3 is 0 Å². The van der Waals surface area contributed by atoms with Gasteiger partial charge in [-0.05, 0) is 12.1 Å². The molecule has 0 saturated heterocycles. The Bertz CT molecular complexity index is 1610. The fourth-order valence-corrected chi connectivity index (χ4v) is 11.1. The number of nitro groups is 1. The zero-order chi connectivity index (χ0) is 28.6. The Morgan fingerprint density at radius 3 is 2.23 bits per heavy atom. The molecule has 2 aromatic carbocycles. The van der Waals surface area contributed by atoms with Crippen LogP contribution in [0.4, 0.5) is 11.4 Å². The van der Waals surface area contributed by atoms with Crippen LogP contribution in [-0.2, 0) is 10.0 Å². The van der Waals surface area contributed by atoms with Gasteiger partial charge in [-0.2, -0.15) is 0 Å². The topological polar surface area (TPSA) is 106 Å². The van der Waals surface area contributed by atoms with Gasteiger partial charge in [0.15, 0.2) is 0 Å². The smallest absolute Gasteiger partial charge is 0.0267 e. The number of para-hydroxylation sites is 2. The first-order valence-corrected chi connectivity index (χ1v) is 17.6. The number of allylic oxidation sites excluding steroid dienone is 4. The van der Waals surface area contributed by atoms with Crippen molar-refractivity contribution in [3.63, 3.8) is 0 Å². The van der Waals surface area contributed by atoms with Gasteiger partial charge in [-0.25, -0.2) is 0 Å². The maximum Gasteiger partial charge on any atom is 0.0267 e. The molecule has 0 aliphatic heterocycles. The van der Waals surface area contributed by atoms with Crippen molar-refractivity contribution in [2.24, 2.45) is 0 Å². The summed E-state index contributed by atoms with van der Waals surface area (Å²) in [6.45, 7) is 2.11. The number of alkyl halides is 1. The first-order chi connectivity index (χ1) is 19.2. The van der Waals surface area contributed by atoms with Crippen LogP contribution in [-0.4, -0.2) is 50.6 Å². The summed E-state index contributed by atoms with van der Waals surface area (Å²) in [7, 11) is -4.23. The van der Waals surface area contributed by atoms with E-state index in [9.17, 15) is 18.5 Å². The van der Waals surface area contributed by atoms with Crippen molar-refractivity contribution in [1.82, 2.24) is 9.97 Å². The molecule has 2 aromatic heterocycles. The molecule has 4 aromatic rings. The molecular weight excluding hydrogens is 836 g/mol. The normalized spacial score (nSPS) is 16.3. The first kappa shape index (κ1) is 30.0. The second-order valence-corrected chi connectivity index (χ2v) is 17.9. The van der Waals surface area contributed by atoms with Gasteiger partial charge in [0.05, 0.1) is 0 Å². The van der Waals surface area contributed by atoms with Crippen molar-refractivity contribution in [2.45, 2.75) is 21.7 Å². The summed E-state index contributed by atoms with van der Waals surface area (Å²) < 4.78 is 30.4. The number of nitro benzene ring substituents is 1. The monoisotopic (exact) mass is 861 g/mol. The third-order valence-corrected chi connectivity index (χ3v) is 14.3. The molecule has 1 aliphatic carbocycles. The molecule has 5 rings (SSSR count). The SMILES string of the molecule is CC1(I)C=C[C]([Po][N](c2ccccc2-c2ccccn2)S(=O)(=O)c2ccccc2[N+](=O)[O-])=CC1.c1ccncc1. The maximum atomic E-state index is 14.0. The van der Waals surface area contributed by atoms with Crippen molar-refractivity contribution >= 4 is 67.8 Å². The summed E-state index contributed by atoms with van der Waals surface area (Å²) in [4.78, 5) is 18.9. The van der Waals surface area contributed by atoms with Crippen LogP contribution in [0.25, 0.3) is 11.3 Å². The largest absolute Gasteiger partial charge is 0.265 e. The quantitative estimate of drug-likeness (QED) is 0.0900. The molecule has 204 valence electrons. The van der Waals surface area contributed by atoms with E-state index in [4.69, 9.17) is 0 Å². The maximum absolute atomic E-state index is 14.0. The van der Waals surface area contributed by atoms with Crippen molar-refractivity contribution in [3.05, 3.63) is 135 Å². The van der Waals surface area contributed by atoms with Crippen LogP contribution >= 0.6 is 22.6 Å². The number of halogens is 1. The van der Waals surface area contributed by atoms with Gasteiger partial charge in [0.25, 0.3) is 0 Å². The summed E-state index contributed by atoms with van der Waals surface area (Å²) in [5.74, 6) is 0. The van der Waals surface area contributed by atoms with Crippen molar-refractivity contribution in [3.8, 4) is 11.3 Å². The molecule has 11 heteroatoms. The van der Waals surface area contributed by atoms with E-state index in [2.05, 4.69) is 51.6 Å². The second-order valence-electron chi connectivity index (χ2n) is 8.73. The molecule has 0 saturated carbocycles. The van der Waals surface area contributed by atoms with Crippen LogP contribution in [0.15, 0.2) is 130 Å². The predicted octanol–water partition coefficient (Wildman–Crippen LogP) is 6.59. The van der Waals surface area contributed by atoms with Crippen molar-refractivity contribution in [1.29, 1.82) is 0 Å². The summed E-state index contributed by atoms with van der Waals surface area (Å²) in [5, 5.41) is 11.7. The predicted molar refractivity (Wildman–Crippen MR) is 167 cm³/mol. The Morgan fingerprint density at radius 2 is 1.62 bits per heavy atom. The second kappa shape index (κ2) is 13.6. The number of hydrogen-bond donors (Lipinski definition) is 0. The molecule has 40 heavy (non-hydrogen) atoms. The molecule has 0 bridgehead atoms. The van der Waals surface area contributed by atoms with E-state index in [0.717, 1.165) is 9.65 Å². The fraction of sp³-hybridized carbons (Fsp3) is 0.103. The standard InChI is InChI=1S/C17H12N3O4S.C7H8I.C5H5N.Po/c21-20(22)16-10-3-4-11-17(16)25(23,24)19-15-9-2-1-7-13(15)14-8-5-6-12-18-14;1-7(8)5-3-2-4-6-7;1-2-4-6-5-3-1;/h1-12H;3-5H,6H2,1H3;1-5H;/q-1;;;+1. The van der Waals surface area contributed by atoms with Gasteiger partial charge >= 0.3 is 226 Å². The number of aromatic nitrogens is 2. The van der Waals surface area contributed by atoms with E-state index < -0.39 is 44.5 Å². The minimum atomic E-state index is -4.23. The van der Waals surface area contributed by atoms with E-state index in [-0.39, 0.29) is 8.32 Å². The summed E-state index contributed by atoms with van der Waals surface area (Å²) in [6.07, 6.45) is 12.1. The average Bonchev–Trinajstić information content (AvgIpc) is 2.98. The van der Waals surface area contributed by atoms with E-state index in [1.807, 2.05) is 48.5 Å². The molecule has 1 atom stereocenters.